The molecule has 13 rings (SSSR count). The summed E-state index contributed by atoms with van der Waals surface area (Å²) in [5.41, 5.74) is 9.49. The van der Waals surface area contributed by atoms with E-state index in [0.29, 0.717) is 44.5 Å². The number of ether oxygens (including phenoxy) is 1. The number of fused-ring (bicyclic) bond motifs is 5. The van der Waals surface area contributed by atoms with Crippen LogP contribution in [0.4, 0.5) is 22.7 Å². The number of benzene rings is 9. The van der Waals surface area contributed by atoms with Crippen LogP contribution in [-0.4, -0.2) is 9.55 Å². The van der Waals surface area contributed by atoms with Crippen LogP contribution < -0.4 is 14.5 Å². The van der Waals surface area contributed by atoms with E-state index < -0.39 is 41.0 Å². The van der Waals surface area contributed by atoms with Crippen LogP contribution in [-0.2, 0) is 42.7 Å². The molecule has 2 aliphatic rings. The zero-order valence-corrected chi connectivity index (χ0v) is 49.9. The molecule has 412 valence electrons. The van der Waals surface area contributed by atoms with E-state index in [-0.39, 0.29) is 125 Å². The van der Waals surface area contributed by atoms with Crippen molar-refractivity contribution in [2.75, 3.05) is 9.80 Å². The Kier molecular flexibility index (Phi) is 10.4. The van der Waals surface area contributed by atoms with E-state index >= 15 is 0 Å². The molecule has 0 fully saturated rings. The first-order chi connectivity index (χ1) is 44.3. The van der Waals surface area contributed by atoms with Gasteiger partial charge in [0, 0.05) is 78.0 Å². The molecular weight excluding hydrogens is 1180 g/mol. The number of hydrogen-bond acceptors (Lipinski definition) is 4. The Labute approximate surface area is 517 Å². The molecule has 5 nitrogen and oxygen atoms in total. The molecule has 3 heterocycles. The summed E-state index contributed by atoms with van der Waals surface area (Å²) in [5, 5.41) is 0.654. The molecule has 9 aromatic carbocycles. The normalized spacial score (nSPS) is 16.8. The molecule has 82 heavy (non-hydrogen) atoms. The third kappa shape index (κ3) is 9.85. The van der Waals surface area contributed by atoms with Gasteiger partial charge < -0.3 is 19.1 Å². The van der Waals surface area contributed by atoms with Crippen molar-refractivity contribution in [2.24, 2.45) is 0 Å². The quantitative estimate of drug-likeness (QED) is 0.135. The van der Waals surface area contributed by atoms with Crippen molar-refractivity contribution in [3.8, 4) is 61.8 Å². The van der Waals surface area contributed by atoms with E-state index in [1.165, 1.54) is 17.3 Å². The maximum absolute atomic E-state index is 9.93. The smallest absolute Gasteiger partial charge is 0.135 e. The zero-order chi connectivity index (χ0) is 67.3. The molecule has 0 spiro atoms. The van der Waals surface area contributed by atoms with Crippen LogP contribution in [0.25, 0.3) is 72.1 Å². The van der Waals surface area contributed by atoms with Crippen LogP contribution in [0.3, 0.4) is 0 Å². The first kappa shape index (κ1) is 41.1. The topological polar surface area (TPSA) is 33.5 Å². The summed E-state index contributed by atoms with van der Waals surface area (Å²) in [5.74, 6) is 0.725. The average Bonchev–Trinajstić information content (AvgIpc) is 1.71. The fourth-order valence-electron chi connectivity index (χ4n) is 11.6. The predicted molar refractivity (Wildman–Crippen MR) is 339 cm³/mol. The van der Waals surface area contributed by atoms with Gasteiger partial charge in [-0.1, -0.05) is 208 Å². The van der Waals surface area contributed by atoms with Crippen molar-refractivity contribution >= 4 is 44.6 Å². The number of anilines is 4. The zero-order valence-electron chi connectivity index (χ0n) is 60.6. The van der Waals surface area contributed by atoms with Crippen molar-refractivity contribution in [1.29, 1.82) is 0 Å². The van der Waals surface area contributed by atoms with Crippen LogP contribution in [0.2, 0.25) is 0 Å². The van der Waals surface area contributed by atoms with Gasteiger partial charge in [0.25, 0.3) is 0 Å². The second-order valence-electron chi connectivity index (χ2n) is 24.6. The third-order valence-electron chi connectivity index (χ3n) is 16.2. The largest absolute Gasteiger partial charge is 0.509 e. The van der Waals surface area contributed by atoms with Gasteiger partial charge in [0.2, 0.25) is 0 Å². The Morgan fingerprint density at radius 3 is 1.89 bits per heavy atom. The van der Waals surface area contributed by atoms with E-state index in [9.17, 15) is 8.22 Å². The molecule has 6 heteroatoms. The Hall–Kier alpha value is -7.98. The fraction of sp³-hybridized carbons (Fsp3) is 0.211. The maximum atomic E-state index is 9.93. The molecule has 11 aromatic rings. The molecule has 2 aromatic heterocycles. The van der Waals surface area contributed by atoms with E-state index in [1.54, 1.807) is 41.0 Å². The summed E-state index contributed by atoms with van der Waals surface area (Å²) in [6.07, 6.45) is 3.48. The standard InChI is InChI=1S/C76H69N4O.Pt/c1-73(2,3)55-43-61(53-34-32-51(33-35-53)50-22-13-11-14-23-50)72(62(44-55)54-36-39-64-66(42-54)76(9,10)41-40-75(64,7)8)79-49-78(68-30-19-20-31-69(68)79)56-26-21-27-57(45-56)81-58-37-38-60-59-28-17-18-29-67(59)80(70(60)46-58)71-47-65(74(4,5)6)63(48-77-71)52-24-15-12-16-25-52;/h11-39,42-44,47-49H,40-41H2,1-10H3;/q-3;/i12D,15D,16D,17D,18D,24D,25D,28D,29D,32D,33D,34D,35D;. The Morgan fingerprint density at radius 1 is 0.537 bits per heavy atom. The predicted octanol–water partition coefficient (Wildman–Crippen LogP) is 20.6. The van der Waals surface area contributed by atoms with Gasteiger partial charge in [-0.05, 0) is 126 Å². The van der Waals surface area contributed by atoms with Gasteiger partial charge in [0.15, 0.2) is 0 Å². The molecular formula is C76H69N4OPt-3. The number of rotatable bonds is 9. The summed E-state index contributed by atoms with van der Waals surface area (Å²) < 4.78 is 127. The minimum Gasteiger partial charge on any atom is -0.509 e. The van der Waals surface area contributed by atoms with E-state index in [0.717, 1.165) is 40.9 Å². The number of hydrogen-bond donors (Lipinski definition) is 0. The number of pyridine rings is 1. The van der Waals surface area contributed by atoms with Crippen molar-refractivity contribution in [1.82, 2.24) is 9.55 Å². The van der Waals surface area contributed by atoms with Crippen molar-refractivity contribution < 1.29 is 43.6 Å². The molecule has 0 bridgehead atoms. The van der Waals surface area contributed by atoms with Crippen molar-refractivity contribution in [2.45, 2.75) is 104 Å². The molecule has 0 N–H and O–H groups in total. The van der Waals surface area contributed by atoms with Crippen molar-refractivity contribution in [3.63, 3.8) is 0 Å². The minimum atomic E-state index is -0.709. The molecule has 0 saturated heterocycles. The first-order valence-electron chi connectivity index (χ1n) is 34.1. The first-order valence-corrected chi connectivity index (χ1v) is 27.6. The van der Waals surface area contributed by atoms with Gasteiger partial charge >= 0.3 is 0 Å². The molecule has 0 amide bonds. The molecule has 0 saturated carbocycles. The Balaban J connectivity index is 0.00000864. The monoisotopic (exact) mass is 1260 g/mol. The number of aromatic nitrogens is 2. The number of para-hydroxylation sites is 3. The van der Waals surface area contributed by atoms with Crippen LogP contribution in [0.1, 0.15) is 122 Å². The van der Waals surface area contributed by atoms with Crippen molar-refractivity contribution in [3.05, 3.63) is 247 Å². The van der Waals surface area contributed by atoms with Crippen LogP contribution in [0.5, 0.6) is 11.5 Å². The fourth-order valence-corrected chi connectivity index (χ4v) is 11.6. The summed E-state index contributed by atoms with van der Waals surface area (Å²) in [7, 11) is 0. The van der Waals surface area contributed by atoms with Crippen LogP contribution >= 0.6 is 0 Å². The van der Waals surface area contributed by atoms with Gasteiger partial charge in [-0.25, -0.2) is 4.98 Å². The molecule has 1 aliphatic carbocycles. The summed E-state index contributed by atoms with van der Waals surface area (Å²) in [4.78, 5) is 8.94. The van der Waals surface area contributed by atoms with Crippen LogP contribution in [0.15, 0.2) is 206 Å². The van der Waals surface area contributed by atoms with E-state index in [2.05, 4.69) is 89.8 Å². The van der Waals surface area contributed by atoms with E-state index in [1.807, 2.05) is 93.0 Å². The summed E-state index contributed by atoms with van der Waals surface area (Å²) in [6.45, 7) is 23.4. The second kappa shape index (κ2) is 20.8. The van der Waals surface area contributed by atoms with Crippen LogP contribution in [0, 0.1) is 18.8 Å². The molecule has 0 unspecified atom stereocenters. The maximum Gasteiger partial charge on any atom is 0.135 e. The Bertz CT molecular complexity index is 4950. The number of nitrogens with zero attached hydrogens (tertiary/aromatic N) is 4. The third-order valence-corrected chi connectivity index (χ3v) is 16.2. The molecule has 1 aliphatic heterocycles. The van der Waals surface area contributed by atoms with Gasteiger partial charge in [-0.2, -0.15) is 12.1 Å². The van der Waals surface area contributed by atoms with Gasteiger partial charge in [-0.3, -0.25) is 0 Å². The summed E-state index contributed by atoms with van der Waals surface area (Å²) >= 11 is 0. The average molecular weight is 1260 g/mol. The molecule has 0 atom stereocenters. The SMILES string of the molecule is [2H]c1c([2H])c([2H])c(-c2cnc(-n3c4[c-]c(Oc5[c-]c(N6[CH-]N(c7c(-c8ccc9c(c8)C(C)(C)CCC9(C)C)cc(C(C)(C)C)cc7-c7c([2H])c([2H])c(-c8ccccc8)c([2H])c7[2H])c7ccccc76)ccc5)ccc4c4c([2H])c([2H])c([2H])c([2H])c43)cc2C(C)(C)C)c([2H])c1[2H].[Pt]. The van der Waals surface area contributed by atoms with E-state index in [4.69, 9.17) is 19.3 Å². The van der Waals surface area contributed by atoms with Gasteiger partial charge in [0.05, 0.1) is 17.8 Å². The summed E-state index contributed by atoms with van der Waals surface area (Å²) in [6, 6.07) is 41.3. The minimum absolute atomic E-state index is 0. The Morgan fingerprint density at radius 2 is 1.17 bits per heavy atom. The molecule has 0 radical (unpaired) electrons. The van der Waals surface area contributed by atoms with Gasteiger partial charge in [-0.15, -0.1) is 48.1 Å². The van der Waals surface area contributed by atoms with Gasteiger partial charge in [0.1, 0.15) is 5.82 Å². The second-order valence-corrected chi connectivity index (χ2v) is 24.6.